The van der Waals surface area contributed by atoms with Gasteiger partial charge in [0, 0.05) is 18.6 Å². The quantitative estimate of drug-likeness (QED) is 0.827. The highest BCUT2D eigenvalue weighted by atomic mass is 32.2. The third-order valence-corrected chi connectivity index (χ3v) is 4.24. The molecule has 1 saturated heterocycles. The van der Waals surface area contributed by atoms with Gasteiger partial charge in [0.15, 0.2) is 5.12 Å². The zero-order valence-electron chi connectivity index (χ0n) is 11.2. The molecular formula is C13H21NO4S. The van der Waals surface area contributed by atoms with E-state index in [-0.39, 0.29) is 16.9 Å². The normalized spacial score (nSPS) is 25.4. The number of aliphatic carboxylic acids is 1. The summed E-state index contributed by atoms with van der Waals surface area (Å²) in [5, 5.41) is 11.6. The first-order chi connectivity index (χ1) is 9.00. The van der Waals surface area contributed by atoms with Gasteiger partial charge in [-0.3, -0.25) is 9.59 Å². The van der Waals surface area contributed by atoms with Crippen LogP contribution in [0.2, 0.25) is 0 Å². The second kappa shape index (κ2) is 8.19. The topological polar surface area (TPSA) is 83.5 Å². The van der Waals surface area contributed by atoms with Crippen molar-refractivity contribution in [2.75, 3.05) is 5.75 Å². The van der Waals surface area contributed by atoms with Crippen LogP contribution in [0.25, 0.3) is 0 Å². The third-order valence-electron chi connectivity index (χ3n) is 3.27. The van der Waals surface area contributed by atoms with Gasteiger partial charge in [0.2, 0.25) is 5.91 Å². The standard InChI is InChI=1S/C13H21NO4S/c1-9(15)19-8-10-6-4-2-3-5-7-11(13(17)18)14-12(10)16/h10-11H,2-8H2,1H3,(H,14,16)(H,17,18). The molecule has 1 heterocycles. The molecule has 0 saturated carbocycles. The minimum atomic E-state index is -0.980. The molecule has 19 heavy (non-hydrogen) atoms. The summed E-state index contributed by atoms with van der Waals surface area (Å²) in [5.74, 6) is -1.04. The number of carboxylic acid groups (broad SMARTS) is 1. The average molecular weight is 287 g/mol. The summed E-state index contributed by atoms with van der Waals surface area (Å²) in [6.07, 6.45) is 4.98. The summed E-state index contributed by atoms with van der Waals surface area (Å²) in [6.45, 7) is 1.48. The van der Waals surface area contributed by atoms with E-state index in [1.54, 1.807) is 0 Å². The zero-order valence-corrected chi connectivity index (χ0v) is 12.0. The van der Waals surface area contributed by atoms with Crippen LogP contribution in [0.15, 0.2) is 0 Å². The van der Waals surface area contributed by atoms with Crippen molar-refractivity contribution in [3.05, 3.63) is 0 Å². The van der Waals surface area contributed by atoms with E-state index in [2.05, 4.69) is 5.32 Å². The summed E-state index contributed by atoms with van der Waals surface area (Å²) in [7, 11) is 0. The fourth-order valence-corrected chi connectivity index (χ4v) is 2.90. The lowest BCUT2D eigenvalue weighted by atomic mass is 9.97. The zero-order chi connectivity index (χ0) is 14.3. The molecule has 1 fully saturated rings. The number of carbonyl (C=O) groups excluding carboxylic acids is 2. The molecule has 5 nitrogen and oxygen atoms in total. The van der Waals surface area contributed by atoms with Gasteiger partial charge in [0.25, 0.3) is 0 Å². The molecule has 1 amide bonds. The predicted octanol–water partition coefficient (Wildman–Crippen LogP) is 1.81. The van der Waals surface area contributed by atoms with Gasteiger partial charge in [0.05, 0.1) is 0 Å². The van der Waals surface area contributed by atoms with Gasteiger partial charge in [-0.25, -0.2) is 4.79 Å². The maximum atomic E-state index is 12.1. The smallest absolute Gasteiger partial charge is 0.326 e. The van der Waals surface area contributed by atoms with Crippen LogP contribution in [0.4, 0.5) is 0 Å². The third kappa shape index (κ3) is 6.09. The molecule has 1 rings (SSSR count). The van der Waals surface area contributed by atoms with Crippen molar-refractivity contribution in [2.45, 2.75) is 51.5 Å². The van der Waals surface area contributed by atoms with Crippen molar-refractivity contribution in [1.29, 1.82) is 0 Å². The Bertz CT molecular complexity index is 346. The molecule has 2 atom stereocenters. The van der Waals surface area contributed by atoms with Gasteiger partial charge in [-0.05, 0) is 12.8 Å². The van der Waals surface area contributed by atoms with Crippen LogP contribution < -0.4 is 5.32 Å². The van der Waals surface area contributed by atoms with Crippen LogP contribution in [-0.2, 0) is 14.4 Å². The lowest BCUT2D eigenvalue weighted by Crippen LogP contribution is -2.44. The number of amides is 1. The average Bonchev–Trinajstić information content (AvgIpc) is 2.34. The van der Waals surface area contributed by atoms with Crippen LogP contribution in [-0.4, -0.2) is 33.9 Å². The van der Waals surface area contributed by atoms with Crippen LogP contribution in [0.1, 0.15) is 45.4 Å². The first-order valence-corrected chi connectivity index (χ1v) is 7.66. The van der Waals surface area contributed by atoms with E-state index in [9.17, 15) is 14.4 Å². The van der Waals surface area contributed by atoms with Gasteiger partial charge in [-0.1, -0.05) is 37.4 Å². The Hall–Kier alpha value is -1.04. The Labute approximate surface area is 117 Å². The summed E-state index contributed by atoms with van der Waals surface area (Å²) < 4.78 is 0. The molecule has 6 heteroatoms. The van der Waals surface area contributed by atoms with Gasteiger partial charge in [0.1, 0.15) is 6.04 Å². The maximum absolute atomic E-state index is 12.1. The molecule has 2 N–H and O–H groups in total. The number of carboxylic acids is 1. The Kier molecular flexibility index (Phi) is 6.91. The van der Waals surface area contributed by atoms with Crippen LogP contribution in [0.5, 0.6) is 0 Å². The Morgan fingerprint density at radius 2 is 1.89 bits per heavy atom. The second-order valence-electron chi connectivity index (χ2n) is 4.89. The van der Waals surface area contributed by atoms with E-state index >= 15 is 0 Å². The monoisotopic (exact) mass is 287 g/mol. The predicted molar refractivity (Wildman–Crippen MR) is 73.9 cm³/mol. The number of rotatable bonds is 3. The summed E-state index contributed by atoms with van der Waals surface area (Å²) in [5.41, 5.74) is 0. The maximum Gasteiger partial charge on any atom is 0.326 e. The largest absolute Gasteiger partial charge is 0.480 e. The molecule has 0 aromatic heterocycles. The van der Waals surface area contributed by atoms with Crippen molar-refractivity contribution in [2.24, 2.45) is 5.92 Å². The van der Waals surface area contributed by atoms with Crippen molar-refractivity contribution in [1.82, 2.24) is 5.32 Å². The molecule has 108 valence electrons. The minimum absolute atomic E-state index is 0.0142. The fraction of sp³-hybridized carbons (Fsp3) is 0.769. The molecule has 1 aliphatic rings. The van der Waals surface area contributed by atoms with E-state index in [0.717, 1.165) is 43.9 Å². The van der Waals surface area contributed by atoms with Gasteiger partial charge < -0.3 is 10.4 Å². The number of thioether (sulfide) groups is 1. The highest BCUT2D eigenvalue weighted by Crippen LogP contribution is 2.20. The second-order valence-corrected chi connectivity index (χ2v) is 6.09. The molecule has 0 radical (unpaired) electrons. The number of hydrogen-bond donors (Lipinski definition) is 2. The number of carbonyl (C=O) groups is 3. The molecule has 2 unspecified atom stereocenters. The minimum Gasteiger partial charge on any atom is -0.480 e. The van der Waals surface area contributed by atoms with Gasteiger partial charge in [-0.2, -0.15) is 0 Å². The summed E-state index contributed by atoms with van der Waals surface area (Å²) in [4.78, 5) is 34.1. The number of hydrogen-bond acceptors (Lipinski definition) is 4. The summed E-state index contributed by atoms with van der Waals surface area (Å²) in [6, 6.07) is -0.796. The molecule has 0 spiro atoms. The molecule has 0 aromatic rings. The SMILES string of the molecule is CC(=O)SCC1CCCCCCC(C(=O)O)NC1=O. The van der Waals surface area contributed by atoms with Crippen molar-refractivity contribution in [3.63, 3.8) is 0 Å². The molecule has 0 bridgehead atoms. The molecule has 1 aliphatic heterocycles. The highest BCUT2D eigenvalue weighted by molar-refractivity contribution is 8.13. The lowest BCUT2D eigenvalue weighted by molar-refractivity contribution is -0.142. The van der Waals surface area contributed by atoms with E-state index in [1.165, 1.54) is 6.92 Å². The van der Waals surface area contributed by atoms with E-state index < -0.39 is 12.0 Å². The van der Waals surface area contributed by atoms with E-state index in [4.69, 9.17) is 5.11 Å². The van der Waals surface area contributed by atoms with Crippen LogP contribution in [0, 0.1) is 5.92 Å². The molecular weight excluding hydrogens is 266 g/mol. The van der Waals surface area contributed by atoms with Crippen molar-refractivity contribution < 1.29 is 19.5 Å². The number of nitrogens with one attached hydrogen (secondary N) is 1. The summed E-state index contributed by atoms with van der Waals surface area (Å²) >= 11 is 1.13. The van der Waals surface area contributed by atoms with Gasteiger partial charge in [-0.15, -0.1) is 0 Å². The van der Waals surface area contributed by atoms with Gasteiger partial charge >= 0.3 is 5.97 Å². The lowest BCUT2D eigenvalue weighted by Gasteiger charge is -2.21. The van der Waals surface area contributed by atoms with E-state index in [1.807, 2.05) is 0 Å². The molecule has 0 aliphatic carbocycles. The van der Waals surface area contributed by atoms with E-state index in [0.29, 0.717) is 12.2 Å². The Morgan fingerprint density at radius 3 is 2.47 bits per heavy atom. The molecule has 0 aromatic carbocycles. The van der Waals surface area contributed by atoms with Crippen molar-refractivity contribution in [3.8, 4) is 0 Å². The Morgan fingerprint density at radius 1 is 1.26 bits per heavy atom. The fourth-order valence-electron chi connectivity index (χ4n) is 2.15. The first kappa shape index (κ1) is 16.0. The van der Waals surface area contributed by atoms with Crippen molar-refractivity contribution >= 4 is 28.8 Å². The van der Waals surface area contributed by atoms with Crippen LogP contribution in [0.3, 0.4) is 0 Å². The Balaban J connectivity index is 2.64. The first-order valence-electron chi connectivity index (χ1n) is 6.67. The van der Waals surface area contributed by atoms with Crippen LogP contribution >= 0.6 is 11.8 Å². The highest BCUT2D eigenvalue weighted by Gasteiger charge is 2.26.